The van der Waals surface area contributed by atoms with E-state index in [9.17, 15) is 13.2 Å². The highest BCUT2D eigenvalue weighted by Crippen LogP contribution is 2.31. The van der Waals surface area contributed by atoms with Gasteiger partial charge in [0.2, 0.25) is 10.0 Å². The Hall–Kier alpha value is -1.23. The van der Waals surface area contributed by atoms with Crippen LogP contribution >= 0.6 is 27.3 Å². The van der Waals surface area contributed by atoms with Gasteiger partial charge in [-0.15, -0.1) is 11.3 Å². The molecule has 0 aliphatic heterocycles. The molecule has 2 aromatic rings. The highest BCUT2D eigenvalue weighted by molar-refractivity contribution is 9.11. The molecule has 0 aliphatic carbocycles. The lowest BCUT2D eigenvalue weighted by Gasteiger charge is -2.03. The summed E-state index contributed by atoms with van der Waals surface area (Å²) < 4.78 is 28.4. The lowest BCUT2D eigenvalue weighted by atomic mass is 10.4. The molecule has 0 aliphatic rings. The van der Waals surface area contributed by atoms with Crippen LogP contribution in [0.5, 0.6) is 0 Å². The van der Waals surface area contributed by atoms with Crippen LogP contribution < -0.4 is 4.72 Å². The first kappa shape index (κ1) is 15.2. The molecular weight excluding hydrogens is 370 g/mol. The molecule has 0 amide bonds. The molecular formula is C10H10BrN3O4S2. The Bertz CT molecular complexity index is 750. The van der Waals surface area contributed by atoms with Gasteiger partial charge < -0.3 is 5.11 Å². The SMILES string of the molecule is Cn1ccc(CNS(=O)(=O)c2cc(C(=O)O)sc2Br)n1. The van der Waals surface area contributed by atoms with Gasteiger partial charge in [0.05, 0.1) is 16.0 Å². The third kappa shape index (κ3) is 3.26. The van der Waals surface area contributed by atoms with Crippen LogP contribution in [0.1, 0.15) is 15.4 Å². The first-order chi connectivity index (χ1) is 9.29. The number of aromatic carboxylic acids is 1. The zero-order valence-electron chi connectivity index (χ0n) is 10.2. The molecule has 2 N–H and O–H groups in total. The number of halogens is 1. The fourth-order valence-corrected chi connectivity index (χ4v) is 4.84. The van der Waals surface area contributed by atoms with Crippen molar-refractivity contribution in [2.75, 3.05) is 0 Å². The third-order valence-corrected chi connectivity index (χ3v) is 6.01. The highest BCUT2D eigenvalue weighted by atomic mass is 79.9. The van der Waals surface area contributed by atoms with E-state index in [-0.39, 0.29) is 20.1 Å². The first-order valence-electron chi connectivity index (χ1n) is 5.30. The molecule has 0 radical (unpaired) electrons. The summed E-state index contributed by atoms with van der Waals surface area (Å²) in [5.41, 5.74) is 0.570. The fraction of sp³-hybridized carbons (Fsp3) is 0.200. The molecule has 2 rings (SSSR count). The minimum atomic E-state index is -3.79. The number of nitrogens with zero attached hydrogens (tertiary/aromatic N) is 2. The summed E-state index contributed by atoms with van der Waals surface area (Å²) in [6, 6.07) is 2.81. The van der Waals surface area contributed by atoms with Crippen molar-refractivity contribution in [2.45, 2.75) is 11.4 Å². The normalized spacial score (nSPS) is 11.7. The minimum Gasteiger partial charge on any atom is -0.477 e. The second kappa shape index (κ2) is 5.64. The van der Waals surface area contributed by atoms with Crippen molar-refractivity contribution in [2.24, 2.45) is 7.05 Å². The predicted molar refractivity (Wildman–Crippen MR) is 76.2 cm³/mol. The quantitative estimate of drug-likeness (QED) is 0.817. The van der Waals surface area contributed by atoms with Crippen LogP contribution in [-0.4, -0.2) is 29.3 Å². The van der Waals surface area contributed by atoms with Crippen LogP contribution in [-0.2, 0) is 23.6 Å². The molecule has 10 heteroatoms. The minimum absolute atomic E-state index is 0.0356. The van der Waals surface area contributed by atoms with Gasteiger partial charge in [-0.05, 0) is 28.1 Å². The maximum Gasteiger partial charge on any atom is 0.345 e. The van der Waals surface area contributed by atoms with Crippen LogP contribution in [0.2, 0.25) is 0 Å². The number of sulfonamides is 1. The molecule has 2 aromatic heterocycles. The number of hydrogen-bond donors (Lipinski definition) is 2. The van der Waals surface area contributed by atoms with Gasteiger partial charge in [-0.25, -0.2) is 17.9 Å². The number of aromatic nitrogens is 2. The fourth-order valence-electron chi connectivity index (χ4n) is 1.44. The van der Waals surface area contributed by atoms with Gasteiger partial charge in [-0.2, -0.15) is 5.10 Å². The Morgan fingerprint density at radius 3 is 2.80 bits per heavy atom. The number of carbonyl (C=O) groups is 1. The zero-order chi connectivity index (χ0) is 14.9. The molecule has 0 saturated carbocycles. The number of aryl methyl sites for hydroxylation is 1. The van der Waals surface area contributed by atoms with E-state index in [0.717, 1.165) is 17.4 Å². The van der Waals surface area contributed by atoms with Crippen LogP contribution in [0.3, 0.4) is 0 Å². The first-order valence-corrected chi connectivity index (χ1v) is 8.39. The molecule has 7 nitrogen and oxygen atoms in total. The summed E-state index contributed by atoms with van der Waals surface area (Å²) in [4.78, 5) is 10.7. The Morgan fingerprint density at radius 1 is 1.60 bits per heavy atom. The average molecular weight is 380 g/mol. The Morgan fingerprint density at radius 2 is 2.30 bits per heavy atom. The standard InChI is InChI=1S/C10H10BrN3O4S2/c1-14-3-2-6(13-14)5-12-20(17,18)8-4-7(10(15)16)19-9(8)11/h2-4,12H,5H2,1H3,(H,15,16). The van der Waals surface area contributed by atoms with E-state index in [1.54, 1.807) is 24.0 Å². The van der Waals surface area contributed by atoms with E-state index >= 15 is 0 Å². The Balaban J connectivity index is 2.20. The van der Waals surface area contributed by atoms with E-state index < -0.39 is 16.0 Å². The topological polar surface area (TPSA) is 101 Å². The summed E-state index contributed by atoms with van der Waals surface area (Å²) in [6.07, 6.45) is 1.70. The average Bonchev–Trinajstić information content (AvgIpc) is 2.93. The summed E-state index contributed by atoms with van der Waals surface area (Å²) in [5, 5.41) is 12.9. The van der Waals surface area contributed by atoms with Crippen molar-refractivity contribution in [3.05, 3.63) is 32.7 Å². The van der Waals surface area contributed by atoms with Crippen LogP contribution in [0, 0.1) is 0 Å². The third-order valence-electron chi connectivity index (χ3n) is 2.37. The van der Waals surface area contributed by atoms with E-state index in [0.29, 0.717) is 5.69 Å². The van der Waals surface area contributed by atoms with Crippen molar-refractivity contribution in [1.82, 2.24) is 14.5 Å². The van der Waals surface area contributed by atoms with Gasteiger partial charge in [0.25, 0.3) is 0 Å². The van der Waals surface area contributed by atoms with Gasteiger partial charge in [-0.3, -0.25) is 4.68 Å². The van der Waals surface area contributed by atoms with Crippen LogP contribution in [0.4, 0.5) is 0 Å². The molecule has 0 bridgehead atoms. The number of rotatable bonds is 5. The van der Waals surface area contributed by atoms with Gasteiger partial charge in [0.15, 0.2) is 0 Å². The van der Waals surface area contributed by atoms with Crippen LogP contribution in [0.15, 0.2) is 27.0 Å². The van der Waals surface area contributed by atoms with Crippen molar-refractivity contribution < 1.29 is 18.3 Å². The predicted octanol–water partition coefficient (Wildman–Crippen LogP) is 1.42. The molecule has 0 fully saturated rings. The monoisotopic (exact) mass is 379 g/mol. The maximum atomic E-state index is 12.1. The highest BCUT2D eigenvalue weighted by Gasteiger charge is 2.23. The summed E-state index contributed by atoms with van der Waals surface area (Å²) >= 11 is 3.92. The lowest BCUT2D eigenvalue weighted by molar-refractivity contribution is 0.0702. The van der Waals surface area contributed by atoms with E-state index in [1.807, 2.05) is 0 Å². The second-order valence-corrected chi connectivity index (χ2v) is 7.96. The van der Waals surface area contributed by atoms with E-state index in [2.05, 4.69) is 25.8 Å². The van der Waals surface area contributed by atoms with Crippen molar-refractivity contribution in [3.8, 4) is 0 Å². The maximum absolute atomic E-state index is 12.1. The molecule has 2 heterocycles. The number of nitrogens with one attached hydrogen (secondary N) is 1. The Labute approximate surface area is 127 Å². The summed E-state index contributed by atoms with van der Waals surface area (Å²) in [5.74, 6) is -1.16. The number of hydrogen-bond acceptors (Lipinski definition) is 5. The second-order valence-electron chi connectivity index (χ2n) is 3.86. The molecule has 0 atom stereocenters. The number of thiophene rings is 1. The summed E-state index contributed by atoms with van der Waals surface area (Å²) in [7, 11) is -2.06. The molecule has 0 unspecified atom stereocenters. The molecule has 0 saturated heterocycles. The van der Waals surface area contributed by atoms with E-state index in [4.69, 9.17) is 5.11 Å². The molecule has 20 heavy (non-hydrogen) atoms. The van der Waals surface area contributed by atoms with Crippen molar-refractivity contribution >= 4 is 43.3 Å². The largest absolute Gasteiger partial charge is 0.477 e. The number of carboxylic acid groups (broad SMARTS) is 1. The van der Waals surface area contributed by atoms with E-state index in [1.165, 1.54) is 0 Å². The van der Waals surface area contributed by atoms with Gasteiger partial charge in [-0.1, -0.05) is 0 Å². The Kier molecular flexibility index (Phi) is 4.28. The summed E-state index contributed by atoms with van der Waals surface area (Å²) in [6.45, 7) is 0.0356. The van der Waals surface area contributed by atoms with Crippen LogP contribution in [0.25, 0.3) is 0 Å². The molecule has 0 aromatic carbocycles. The number of carboxylic acids is 1. The van der Waals surface area contributed by atoms with Crippen molar-refractivity contribution in [3.63, 3.8) is 0 Å². The molecule has 108 valence electrons. The van der Waals surface area contributed by atoms with Gasteiger partial charge in [0, 0.05) is 13.2 Å². The lowest BCUT2D eigenvalue weighted by Crippen LogP contribution is -2.23. The van der Waals surface area contributed by atoms with Gasteiger partial charge >= 0.3 is 5.97 Å². The van der Waals surface area contributed by atoms with Crippen molar-refractivity contribution in [1.29, 1.82) is 0 Å². The zero-order valence-corrected chi connectivity index (χ0v) is 13.4. The molecule has 0 spiro atoms. The van der Waals surface area contributed by atoms with Gasteiger partial charge in [0.1, 0.15) is 9.77 Å². The smallest absolute Gasteiger partial charge is 0.345 e.